The number of anilines is 1. The van der Waals surface area contributed by atoms with Gasteiger partial charge in [0, 0.05) is 16.0 Å². The van der Waals surface area contributed by atoms with Crippen LogP contribution in [-0.2, 0) is 6.54 Å². The van der Waals surface area contributed by atoms with Crippen molar-refractivity contribution >= 4 is 54.2 Å². The van der Waals surface area contributed by atoms with Crippen LogP contribution in [0.3, 0.4) is 0 Å². The van der Waals surface area contributed by atoms with Crippen LogP contribution in [0.25, 0.3) is 10.2 Å². The molecule has 19 heavy (non-hydrogen) atoms. The molecule has 0 bridgehead atoms. The van der Waals surface area contributed by atoms with E-state index in [1.807, 2.05) is 36.4 Å². The van der Waals surface area contributed by atoms with E-state index >= 15 is 0 Å². The number of halogens is 2. The highest BCUT2D eigenvalue weighted by Crippen LogP contribution is 2.28. The third kappa shape index (κ3) is 3.08. The van der Waals surface area contributed by atoms with Gasteiger partial charge in [-0.1, -0.05) is 51.0 Å². The number of nitrogens with one attached hydrogen (secondary N) is 1. The molecule has 0 radical (unpaired) electrons. The number of thiazole rings is 1. The van der Waals surface area contributed by atoms with E-state index in [9.17, 15) is 0 Å². The van der Waals surface area contributed by atoms with Crippen LogP contribution < -0.4 is 5.32 Å². The highest BCUT2D eigenvalue weighted by molar-refractivity contribution is 9.10. The summed E-state index contributed by atoms with van der Waals surface area (Å²) in [5.74, 6) is 0. The maximum Gasteiger partial charge on any atom is 0.184 e. The van der Waals surface area contributed by atoms with E-state index in [4.69, 9.17) is 11.6 Å². The fourth-order valence-corrected chi connectivity index (χ4v) is 3.20. The van der Waals surface area contributed by atoms with Crippen LogP contribution in [0.2, 0.25) is 5.02 Å². The molecule has 1 heterocycles. The smallest absolute Gasteiger partial charge is 0.184 e. The zero-order chi connectivity index (χ0) is 13.2. The van der Waals surface area contributed by atoms with Crippen molar-refractivity contribution in [3.8, 4) is 0 Å². The average molecular weight is 354 g/mol. The number of hydrogen-bond acceptors (Lipinski definition) is 3. The molecule has 0 unspecified atom stereocenters. The third-order valence-electron chi connectivity index (χ3n) is 2.68. The van der Waals surface area contributed by atoms with Crippen molar-refractivity contribution in [1.29, 1.82) is 0 Å². The van der Waals surface area contributed by atoms with Gasteiger partial charge in [0.2, 0.25) is 0 Å². The van der Waals surface area contributed by atoms with Crippen molar-refractivity contribution in [1.82, 2.24) is 4.98 Å². The summed E-state index contributed by atoms with van der Waals surface area (Å²) in [5.41, 5.74) is 2.15. The molecule has 3 aromatic rings. The summed E-state index contributed by atoms with van der Waals surface area (Å²) in [5, 5.41) is 5.01. The lowest BCUT2D eigenvalue weighted by Crippen LogP contribution is -1.98. The summed E-state index contributed by atoms with van der Waals surface area (Å²) in [6, 6.07) is 14.0. The molecule has 2 aromatic carbocycles. The Morgan fingerprint density at radius 3 is 2.95 bits per heavy atom. The predicted molar refractivity (Wildman–Crippen MR) is 86.1 cm³/mol. The van der Waals surface area contributed by atoms with E-state index in [0.717, 1.165) is 32.3 Å². The van der Waals surface area contributed by atoms with Gasteiger partial charge in [0.1, 0.15) is 0 Å². The second kappa shape index (κ2) is 5.49. The molecule has 0 aliphatic rings. The normalized spacial score (nSPS) is 10.8. The summed E-state index contributed by atoms with van der Waals surface area (Å²) in [7, 11) is 0. The van der Waals surface area contributed by atoms with Gasteiger partial charge in [-0.15, -0.1) is 0 Å². The molecule has 2 nitrogen and oxygen atoms in total. The number of fused-ring (bicyclic) bond motifs is 1. The summed E-state index contributed by atoms with van der Waals surface area (Å²) >= 11 is 11.1. The lowest BCUT2D eigenvalue weighted by molar-refractivity contribution is 1.14. The molecule has 0 fully saturated rings. The Bertz CT molecular complexity index is 726. The predicted octanol–water partition coefficient (Wildman–Crippen LogP) is 5.32. The minimum Gasteiger partial charge on any atom is -0.357 e. The first-order valence-electron chi connectivity index (χ1n) is 5.75. The molecule has 3 rings (SSSR count). The van der Waals surface area contributed by atoms with Gasteiger partial charge >= 0.3 is 0 Å². The van der Waals surface area contributed by atoms with Gasteiger partial charge in [0.05, 0.1) is 10.2 Å². The molecule has 0 aliphatic heterocycles. The molecule has 0 spiro atoms. The number of benzene rings is 2. The lowest BCUT2D eigenvalue weighted by atomic mass is 10.2. The molecule has 0 aliphatic carbocycles. The van der Waals surface area contributed by atoms with E-state index in [1.165, 1.54) is 4.70 Å². The first-order chi connectivity index (χ1) is 9.20. The molecule has 1 aromatic heterocycles. The minimum atomic E-state index is 0.724. The Morgan fingerprint density at radius 1 is 1.21 bits per heavy atom. The topological polar surface area (TPSA) is 24.9 Å². The Morgan fingerprint density at radius 2 is 2.11 bits per heavy atom. The van der Waals surface area contributed by atoms with Crippen LogP contribution in [0.1, 0.15) is 5.56 Å². The zero-order valence-electron chi connectivity index (χ0n) is 9.86. The third-order valence-corrected chi connectivity index (χ3v) is 4.40. The van der Waals surface area contributed by atoms with Crippen LogP contribution in [-0.4, -0.2) is 4.98 Å². The fraction of sp³-hybridized carbons (Fsp3) is 0.0714. The van der Waals surface area contributed by atoms with Crippen LogP contribution in [0.15, 0.2) is 46.9 Å². The standard InChI is InChI=1S/C14H10BrClN2S/c15-10-4-5-13-12(7-10)18-14(19-13)17-8-9-2-1-3-11(16)6-9/h1-7H,8H2,(H,17,18). The highest BCUT2D eigenvalue weighted by Gasteiger charge is 2.04. The van der Waals surface area contributed by atoms with Gasteiger partial charge in [-0.05, 0) is 35.9 Å². The molecular formula is C14H10BrClN2S. The van der Waals surface area contributed by atoms with Crippen molar-refractivity contribution in [2.45, 2.75) is 6.54 Å². The van der Waals surface area contributed by atoms with Gasteiger partial charge in [-0.2, -0.15) is 0 Å². The number of nitrogens with zero attached hydrogens (tertiary/aromatic N) is 1. The monoisotopic (exact) mass is 352 g/mol. The molecule has 0 amide bonds. The van der Waals surface area contributed by atoms with Crippen molar-refractivity contribution in [2.24, 2.45) is 0 Å². The van der Waals surface area contributed by atoms with Crippen LogP contribution in [0.4, 0.5) is 5.13 Å². The lowest BCUT2D eigenvalue weighted by Gasteiger charge is -2.02. The number of hydrogen-bond donors (Lipinski definition) is 1. The van der Waals surface area contributed by atoms with Crippen molar-refractivity contribution in [3.05, 3.63) is 57.5 Å². The van der Waals surface area contributed by atoms with Gasteiger partial charge < -0.3 is 5.32 Å². The molecule has 0 atom stereocenters. The summed E-state index contributed by atoms with van der Waals surface area (Å²) in [6.07, 6.45) is 0. The zero-order valence-corrected chi connectivity index (χ0v) is 13.0. The quantitative estimate of drug-likeness (QED) is 0.689. The number of rotatable bonds is 3. The second-order valence-electron chi connectivity index (χ2n) is 4.11. The van der Waals surface area contributed by atoms with E-state index in [2.05, 4.69) is 32.3 Å². The maximum absolute atomic E-state index is 5.96. The summed E-state index contributed by atoms with van der Waals surface area (Å²) < 4.78 is 2.23. The molecule has 1 N–H and O–H groups in total. The van der Waals surface area contributed by atoms with Crippen LogP contribution >= 0.6 is 38.9 Å². The summed E-state index contributed by atoms with van der Waals surface area (Å²) in [6.45, 7) is 0.724. The highest BCUT2D eigenvalue weighted by atomic mass is 79.9. The first kappa shape index (κ1) is 12.9. The Kier molecular flexibility index (Phi) is 3.73. The van der Waals surface area contributed by atoms with Gasteiger partial charge in [-0.3, -0.25) is 0 Å². The molecule has 5 heteroatoms. The summed E-state index contributed by atoms with van der Waals surface area (Å²) in [4.78, 5) is 4.56. The fourth-order valence-electron chi connectivity index (χ4n) is 1.80. The van der Waals surface area contributed by atoms with Gasteiger partial charge in [0.15, 0.2) is 5.13 Å². The minimum absolute atomic E-state index is 0.724. The van der Waals surface area contributed by atoms with E-state index in [1.54, 1.807) is 11.3 Å². The van der Waals surface area contributed by atoms with Gasteiger partial charge in [0.25, 0.3) is 0 Å². The van der Waals surface area contributed by atoms with E-state index in [0.29, 0.717) is 0 Å². The Hall–Kier alpha value is -1.10. The second-order valence-corrected chi connectivity index (χ2v) is 6.50. The molecule has 0 saturated carbocycles. The number of aromatic nitrogens is 1. The molecular weight excluding hydrogens is 344 g/mol. The average Bonchev–Trinajstić information content (AvgIpc) is 2.78. The van der Waals surface area contributed by atoms with Crippen LogP contribution in [0.5, 0.6) is 0 Å². The van der Waals surface area contributed by atoms with E-state index in [-0.39, 0.29) is 0 Å². The first-order valence-corrected chi connectivity index (χ1v) is 7.74. The van der Waals surface area contributed by atoms with E-state index < -0.39 is 0 Å². The van der Waals surface area contributed by atoms with Crippen molar-refractivity contribution in [3.63, 3.8) is 0 Å². The Balaban J connectivity index is 1.78. The van der Waals surface area contributed by atoms with Crippen molar-refractivity contribution in [2.75, 3.05) is 5.32 Å². The van der Waals surface area contributed by atoms with Gasteiger partial charge in [-0.25, -0.2) is 4.98 Å². The largest absolute Gasteiger partial charge is 0.357 e. The molecule has 0 saturated heterocycles. The van der Waals surface area contributed by atoms with Crippen molar-refractivity contribution < 1.29 is 0 Å². The maximum atomic E-state index is 5.96. The molecule has 96 valence electrons. The van der Waals surface area contributed by atoms with Crippen LogP contribution in [0, 0.1) is 0 Å². The SMILES string of the molecule is Clc1cccc(CNc2nc3cc(Br)ccc3s2)c1. The Labute approximate surface area is 128 Å².